The predicted octanol–water partition coefficient (Wildman–Crippen LogP) is 1.41. The first-order valence-electron chi connectivity index (χ1n) is 7.36. The van der Waals surface area contributed by atoms with Gasteiger partial charge < -0.3 is 4.57 Å². The third kappa shape index (κ3) is 1.80. The molecule has 0 aliphatic carbocycles. The summed E-state index contributed by atoms with van der Waals surface area (Å²) in [6, 6.07) is 7.23. The lowest BCUT2D eigenvalue weighted by molar-refractivity contribution is 0.788. The molecule has 4 aromatic rings. The van der Waals surface area contributed by atoms with Gasteiger partial charge in [0.25, 0.3) is 5.56 Å². The normalized spacial score (nSPS) is 11.6. The van der Waals surface area contributed by atoms with E-state index in [1.165, 1.54) is 4.57 Å². The van der Waals surface area contributed by atoms with Crippen LogP contribution in [0.5, 0.6) is 0 Å². The van der Waals surface area contributed by atoms with E-state index in [0.717, 1.165) is 0 Å². The molecular formula is C15H13ClN6O2. The Labute approximate surface area is 139 Å². The summed E-state index contributed by atoms with van der Waals surface area (Å²) in [6.07, 6.45) is 0. The van der Waals surface area contributed by atoms with Gasteiger partial charge in [0.2, 0.25) is 5.78 Å². The number of halogens is 1. The standard InChI is InChI=1S/C15H13ClN6O2/c1-3-21-10-12(23)17-15(24)20(2)13(10)22-11(18-19-14(21)22)8-6-4-5-7-9(8)16/h4-7H,3H2,1-2H3,(H,17,23,24). The number of nitrogens with one attached hydrogen (secondary N) is 1. The van der Waals surface area contributed by atoms with Crippen LogP contribution in [0.25, 0.3) is 28.3 Å². The van der Waals surface area contributed by atoms with Gasteiger partial charge in [-0.2, -0.15) is 0 Å². The average molecular weight is 345 g/mol. The summed E-state index contributed by atoms with van der Waals surface area (Å²) in [7, 11) is 1.59. The van der Waals surface area contributed by atoms with Gasteiger partial charge in [0.15, 0.2) is 17.0 Å². The molecule has 0 aliphatic rings. The van der Waals surface area contributed by atoms with Crippen molar-refractivity contribution >= 4 is 28.5 Å². The lowest BCUT2D eigenvalue weighted by Crippen LogP contribution is -2.29. The van der Waals surface area contributed by atoms with E-state index < -0.39 is 11.2 Å². The molecule has 1 aromatic carbocycles. The number of imidazole rings is 1. The zero-order chi connectivity index (χ0) is 17.0. The Bertz CT molecular complexity index is 1210. The third-order valence-electron chi connectivity index (χ3n) is 4.07. The average Bonchev–Trinajstić information content (AvgIpc) is 3.11. The Hall–Kier alpha value is -2.87. The number of aromatic amines is 1. The Morgan fingerprint density at radius 3 is 2.67 bits per heavy atom. The highest BCUT2D eigenvalue weighted by Crippen LogP contribution is 2.29. The molecule has 122 valence electrons. The van der Waals surface area contributed by atoms with Gasteiger partial charge in [-0.05, 0) is 19.1 Å². The van der Waals surface area contributed by atoms with E-state index in [2.05, 4.69) is 15.2 Å². The van der Waals surface area contributed by atoms with Crippen molar-refractivity contribution in [3.63, 3.8) is 0 Å². The minimum atomic E-state index is -0.499. The second-order valence-corrected chi connectivity index (χ2v) is 5.78. The molecule has 3 heterocycles. The molecule has 0 amide bonds. The summed E-state index contributed by atoms with van der Waals surface area (Å²) in [5.41, 5.74) is 0.528. The van der Waals surface area contributed by atoms with Crippen LogP contribution in [0.3, 0.4) is 0 Å². The molecule has 9 heteroatoms. The third-order valence-corrected chi connectivity index (χ3v) is 4.40. The Morgan fingerprint density at radius 2 is 1.96 bits per heavy atom. The monoisotopic (exact) mass is 344 g/mol. The smallest absolute Gasteiger partial charge is 0.303 e. The number of nitrogens with zero attached hydrogens (tertiary/aromatic N) is 5. The van der Waals surface area contributed by atoms with Crippen LogP contribution < -0.4 is 11.2 Å². The van der Waals surface area contributed by atoms with E-state index in [1.807, 2.05) is 25.1 Å². The van der Waals surface area contributed by atoms with Crippen molar-refractivity contribution in [2.75, 3.05) is 0 Å². The van der Waals surface area contributed by atoms with Crippen LogP contribution in [0.15, 0.2) is 33.9 Å². The van der Waals surface area contributed by atoms with Gasteiger partial charge >= 0.3 is 5.69 Å². The number of rotatable bonds is 2. The van der Waals surface area contributed by atoms with E-state index in [-0.39, 0.29) is 0 Å². The quantitative estimate of drug-likeness (QED) is 0.595. The molecule has 0 aliphatic heterocycles. The summed E-state index contributed by atoms with van der Waals surface area (Å²) >= 11 is 6.29. The van der Waals surface area contributed by atoms with Crippen molar-refractivity contribution in [3.8, 4) is 11.4 Å². The summed E-state index contributed by atoms with van der Waals surface area (Å²) in [5.74, 6) is 0.961. The molecule has 0 bridgehead atoms. The summed E-state index contributed by atoms with van der Waals surface area (Å²) in [5, 5.41) is 8.94. The topological polar surface area (TPSA) is 90.0 Å². The lowest BCUT2D eigenvalue weighted by Gasteiger charge is -2.04. The lowest BCUT2D eigenvalue weighted by atomic mass is 10.2. The highest BCUT2D eigenvalue weighted by molar-refractivity contribution is 6.33. The SMILES string of the molecule is CCn1c2c(=O)[nH]c(=O)n(C)c2n2c(-c3ccccc3Cl)nnc12. The zero-order valence-electron chi connectivity index (χ0n) is 12.9. The highest BCUT2D eigenvalue weighted by Gasteiger charge is 2.22. The van der Waals surface area contributed by atoms with Gasteiger partial charge in [-0.3, -0.25) is 14.3 Å². The maximum atomic E-state index is 12.3. The molecular weight excluding hydrogens is 332 g/mol. The van der Waals surface area contributed by atoms with Crippen LogP contribution in [-0.4, -0.2) is 28.7 Å². The van der Waals surface area contributed by atoms with Crippen LogP contribution >= 0.6 is 11.6 Å². The van der Waals surface area contributed by atoms with Gasteiger partial charge in [-0.1, -0.05) is 23.7 Å². The fourth-order valence-electron chi connectivity index (χ4n) is 2.96. The number of hydrogen-bond donors (Lipinski definition) is 1. The fraction of sp³-hybridized carbons (Fsp3) is 0.200. The van der Waals surface area contributed by atoms with Crippen molar-refractivity contribution < 1.29 is 0 Å². The first kappa shape index (κ1) is 14.7. The van der Waals surface area contributed by atoms with E-state index in [1.54, 1.807) is 22.1 Å². The zero-order valence-corrected chi connectivity index (χ0v) is 13.7. The molecule has 1 N–H and O–H groups in total. The van der Waals surface area contributed by atoms with Crippen molar-refractivity contribution in [3.05, 3.63) is 50.1 Å². The van der Waals surface area contributed by atoms with Crippen LogP contribution in [0, 0.1) is 0 Å². The molecule has 0 spiro atoms. The highest BCUT2D eigenvalue weighted by atomic mass is 35.5. The molecule has 0 atom stereocenters. The van der Waals surface area contributed by atoms with Gasteiger partial charge in [0, 0.05) is 19.2 Å². The molecule has 0 unspecified atom stereocenters. The van der Waals surface area contributed by atoms with Crippen LogP contribution in [0.4, 0.5) is 0 Å². The molecule has 3 aromatic heterocycles. The largest absolute Gasteiger partial charge is 0.329 e. The van der Waals surface area contributed by atoms with Crippen molar-refractivity contribution in [1.29, 1.82) is 0 Å². The molecule has 0 radical (unpaired) electrons. The van der Waals surface area contributed by atoms with Gasteiger partial charge in [-0.25, -0.2) is 9.20 Å². The maximum absolute atomic E-state index is 12.3. The van der Waals surface area contributed by atoms with Gasteiger partial charge in [0.05, 0.1) is 5.02 Å². The Kier molecular flexibility index (Phi) is 3.10. The molecule has 0 saturated heterocycles. The predicted molar refractivity (Wildman–Crippen MR) is 90.5 cm³/mol. The van der Waals surface area contributed by atoms with Crippen molar-refractivity contribution in [1.82, 2.24) is 28.7 Å². The molecule has 4 rings (SSSR count). The first-order chi connectivity index (χ1) is 11.5. The Balaban J connectivity index is 2.29. The van der Waals surface area contributed by atoms with E-state index in [4.69, 9.17) is 11.6 Å². The maximum Gasteiger partial charge on any atom is 0.329 e. The molecule has 0 saturated carbocycles. The van der Waals surface area contributed by atoms with Crippen LogP contribution in [0.1, 0.15) is 6.92 Å². The summed E-state index contributed by atoms with van der Waals surface area (Å²) < 4.78 is 4.79. The van der Waals surface area contributed by atoms with Gasteiger partial charge in [-0.15, -0.1) is 10.2 Å². The number of hydrogen-bond acceptors (Lipinski definition) is 4. The first-order valence-corrected chi connectivity index (χ1v) is 7.74. The molecule has 0 fully saturated rings. The van der Waals surface area contributed by atoms with E-state index in [9.17, 15) is 9.59 Å². The van der Waals surface area contributed by atoms with E-state index >= 15 is 0 Å². The summed E-state index contributed by atoms with van der Waals surface area (Å²) in [4.78, 5) is 26.7. The summed E-state index contributed by atoms with van der Waals surface area (Å²) in [6.45, 7) is 2.41. The van der Waals surface area contributed by atoms with Crippen LogP contribution in [-0.2, 0) is 13.6 Å². The van der Waals surface area contributed by atoms with Gasteiger partial charge in [0.1, 0.15) is 0 Å². The van der Waals surface area contributed by atoms with Crippen LogP contribution in [0.2, 0.25) is 5.02 Å². The fourth-order valence-corrected chi connectivity index (χ4v) is 3.18. The second kappa shape index (κ2) is 5.07. The van der Waals surface area contributed by atoms with E-state index in [0.29, 0.717) is 39.9 Å². The van der Waals surface area contributed by atoms with Crippen molar-refractivity contribution in [2.45, 2.75) is 13.5 Å². The number of H-pyrrole nitrogens is 1. The number of aromatic nitrogens is 6. The Morgan fingerprint density at radius 1 is 1.21 bits per heavy atom. The minimum Gasteiger partial charge on any atom is -0.303 e. The molecule has 8 nitrogen and oxygen atoms in total. The minimum absolute atomic E-state index is 0.373. The van der Waals surface area contributed by atoms with Crippen molar-refractivity contribution in [2.24, 2.45) is 7.05 Å². The number of fused-ring (bicyclic) bond motifs is 3. The molecule has 24 heavy (non-hydrogen) atoms. The number of benzene rings is 1. The second-order valence-electron chi connectivity index (χ2n) is 5.37. The number of aryl methyl sites for hydroxylation is 2.